The van der Waals surface area contributed by atoms with Crippen LogP contribution in [0.1, 0.15) is 23.9 Å². The maximum absolute atomic E-state index is 12.5. The second kappa shape index (κ2) is 10.2. The molecule has 10 heteroatoms. The molecule has 1 amide bonds. The van der Waals surface area contributed by atoms with Crippen LogP contribution in [-0.4, -0.2) is 41.1 Å². The quantitative estimate of drug-likeness (QED) is 0.477. The number of aromatic nitrogens is 3. The summed E-state index contributed by atoms with van der Waals surface area (Å²) in [5.41, 5.74) is 3.42. The smallest absolute Gasteiger partial charge is 0.234 e. The van der Waals surface area contributed by atoms with E-state index in [0.29, 0.717) is 23.2 Å². The Morgan fingerprint density at radius 2 is 1.81 bits per heavy atom. The third-order valence-electron chi connectivity index (χ3n) is 4.75. The predicted octanol–water partition coefficient (Wildman–Crippen LogP) is 3.61. The van der Waals surface area contributed by atoms with E-state index in [1.165, 1.54) is 22.3 Å². The first-order chi connectivity index (χ1) is 15.2. The van der Waals surface area contributed by atoms with Crippen LogP contribution in [0.3, 0.4) is 0 Å². The second-order valence-electron chi connectivity index (χ2n) is 7.45. The van der Waals surface area contributed by atoms with Crippen molar-refractivity contribution in [2.45, 2.75) is 39.0 Å². The van der Waals surface area contributed by atoms with Crippen molar-refractivity contribution in [2.24, 2.45) is 0 Å². The normalized spacial score (nSPS) is 11.4. The van der Waals surface area contributed by atoms with Crippen molar-refractivity contribution < 1.29 is 13.2 Å². The molecule has 3 aromatic rings. The summed E-state index contributed by atoms with van der Waals surface area (Å²) in [5.74, 6) is 0.533. The fourth-order valence-corrected chi connectivity index (χ4v) is 4.83. The van der Waals surface area contributed by atoms with Gasteiger partial charge in [0.1, 0.15) is 0 Å². The van der Waals surface area contributed by atoms with E-state index in [2.05, 4.69) is 15.5 Å². The fourth-order valence-electron chi connectivity index (χ4n) is 3.15. The molecule has 1 heterocycles. The number of hydrogen-bond donors (Lipinski definition) is 1. The van der Waals surface area contributed by atoms with Crippen LogP contribution in [0.15, 0.2) is 53.7 Å². The molecule has 0 bridgehead atoms. The molecule has 0 radical (unpaired) electrons. The third-order valence-corrected chi connectivity index (χ3v) is 6.86. The Labute approximate surface area is 193 Å². The van der Waals surface area contributed by atoms with Crippen molar-refractivity contribution >= 4 is 39.1 Å². The molecule has 0 unspecified atom stereocenters. The highest BCUT2D eigenvalue weighted by Crippen LogP contribution is 2.23. The largest absolute Gasteiger partial charge is 0.325 e. The Morgan fingerprint density at radius 1 is 1.09 bits per heavy atom. The fraction of sp³-hybridized carbons (Fsp3) is 0.318. The van der Waals surface area contributed by atoms with Crippen LogP contribution in [0.5, 0.6) is 0 Å². The van der Waals surface area contributed by atoms with Gasteiger partial charge >= 0.3 is 0 Å². The average molecular weight is 474 g/mol. The minimum absolute atomic E-state index is 0.0543. The van der Waals surface area contributed by atoms with Gasteiger partial charge in [0, 0.05) is 12.2 Å². The number of nitrogens with one attached hydrogen (secondary N) is 1. The summed E-state index contributed by atoms with van der Waals surface area (Å²) in [6, 6.07) is 14.9. The van der Waals surface area contributed by atoms with Gasteiger partial charge < -0.3 is 9.88 Å². The van der Waals surface area contributed by atoms with Crippen molar-refractivity contribution in [1.29, 1.82) is 0 Å². The number of carbonyl (C=O) groups is 1. The Bertz CT molecular complexity index is 1190. The SMILES string of the molecule is CCn1c(CN(c2ccc(C)cc2)S(C)(=O)=O)nnc1SCC(=O)Nc1cccc(C)c1. The van der Waals surface area contributed by atoms with E-state index in [1.807, 2.05) is 61.7 Å². The van der Waals surface area contributed by atoms with Crippen molar-refractivity contribution in [1.82, 2.24) is 14.8 Å². The van der Waals surface area contributed by atoms with Gasteiger partial charge in [0.05, 0.1) is 24.2 Å². The lowest BCUT2D eigenvalue weighted by molar-refractivity contribution is -0.113. The molecule has 0 atom stereocenters. The summed E-state index contributed by atoms with van der Waals surface area (Å²) in [6.45, 7) is 6.45. The molecule has 2 aromatic carbocycles. The summed E-state index contributed by atoms with van der Waals surface area (Å²) >= 11 is 1.27. The summed E-state index contributed by atoms with van der Waals surface area (Å²) in [5, 5.41) is 11.8. The second-order valence-corrected chi connectivity index (χ2v) is 10.3. The number of aryl methyl sites for hydroxylation is 2. The highest BCUT2D eigenvalue weighted by Gasteiger charge is 2.22. The number of thioether (sulfide) groups is 1. The Hall–Kier alpha value is -2.85. The van der Waals surface area contributed by atoms with E-state index in [9.17, 15) is 13.2 Å². The molecular weight excluding hydrogens is 446 g/mol. The summed E-state index contributed by atoms with van der Waals surface area (Å²) < 4.78 is 28.0. The zero-order valence-electron chi connectivity index (χ0n) is 18.6. The minimum atomic E-state index is -3.53. The molecule has 1 aromatic heterocycles. The van der Waals surface area contributed by atoms with Gasteiger partial charge in [0.25, 0.3) is 0 Å². The standard InChI is InChI=1S/C22H27N5O3S2/c1-5-26-20(14-27(32(4,29)30)19-11-9-16(2)10-12-19)24-25-22(26)31-15-21(28)23-18-8-6-7-17(3)13-18/h6-13H,5,14-15H2,1-4H3,(H,23,28). The molecule has 0 saturated carbocycles. The monoisotopic (exact) mass is 473 g/mol. The van der Waals surface area contributed by atoms with Gasteiger partial charge in [-0.3, -0.25) is 9.10 Å². The Balaban J connectivity index is 1.73. The van der Waals surface area contributed by atoms with Gasteiger partial charge in [0.15, 0.2) is 11.0 Å². The van der Waals surface area contributed by atoms with E-state index in [4.69, 9.17) is 0 Å². The summed E-state index contributed by atoms with van der Waals surface area (Å²) in [4.78, 5) is 12.3. The number of carbonyl (C=O) groups excluding carboxylic acids is 1. The zero-order valence-corrected chi connectivity index (χ0v) is 20.2. The number of benzene rings is 2. The topological polar surface area (TPSA) is 97.2 Å². The molecule has 3 rings (SSSR count). The van der Waals surface area contributed by atoms with Crippen LogP contribution in [0.2, 0.25) is 0 Å². The molecular formula is C22H27N5O3S2. The van der Waals surface area contributed by atoms with Gasteiger partial charge in [-0.2, -0.15) is 0 Å². The lowest BCUT2D eigenvalue weighted by Crippen LogP contribution is -2.30. The van der Waals surface area contributed by atoms with E-state index < -0.39 is 10.0 Å². The van der Waals surface area contributed by atoms with Crippen molar-refractivity contribution in [3.63, 3.8) is 0 Å². The van der Waals surface area contributed by atoms with Gasteiger partial charge in [0.2, 0.25) is 15.9 Å². The van der Waals surface area contributed by atoms with Crippen molar-refractivity contribution in [3.05, 3.63) is 65.5 Å². The van der Waals surface area contributed by atoms with Crippen molar-refractivity contribution in [2.75, 3.05) is 21.6 Å². The molecule has 1 N–H and O–H groups in total. The van der Waals surface area contributed by atoms with Crippen LogP contribution >= 0.6 is 11.8 Å². The van der Waals surface area contributed by atoms with E-state index in [-0.39, 0.29) is 18.2 Å². The first kappa shape index (κ1) is 23.8. The first-order valence-electron chi connectivity index (χ1n) is 10.1. The first-order valence-corrected chi connectivity index (χ1v) is 13.0. The van der Waals surface area contributed by atoms with Gasteiger partial charge in [-0.05, 0) is 50.6 Å². The van der Waals surface area contributed by atoms with E-state index in [0.717, 1.165) is 16.8 Å². The molecule has 0 aliphatic heterocycles. The van der Waals surface area contributed by atoms with Crippen LogP contribution in [0.25, 0.3) is 0 Å². The Kier molecular flexibility index (Phi) is 7.57. The highest BCUT2D eigenvalue weighted by molar-refractivity contribution is 7.99. The van der Waals surface area contributed by atoms with Crippen LogP contribution < -0.4 is 9.62 Å². The molecule has 0 aliphatic rings. The minimum Gasteiger partial charge on any atom is -0.325 e. The molecule has 0 aliphatic carbocycles. The molecule has 170 valence electrons. The average Bonchev–Trinajstić information content (AvgIpc) is 3.12. The maximum atomic E-state index is 12.5. The molecule has 32 heavy (non-hydrogen) atoms. The number of hydrogen-bond acceptors (Lipinski definition) is 6. The lowest BCUT2D eigenvalue weighted by Gasteiger charge is -2.22. The van der Waals surface area contributed by atoms with Crippen LogP contribution in [0, 0.1) is 13.8 Å². The predicted molar refractivity (Wildman–Crippen MR) is 128 cm³/mol. The lowest BCUT2D eigenvalue weighted by atomic mass is 10.2. The third kappa shape index (κ3) is 6.10. The van der Waals surface area contributed by atoms with Crippen LogP contribution in [0.4, 0.5) is 11.4 Å². The summed E-state index contributed by atoms with van der Waals surface area (Å²) in [7, 11) is -3.53. The number of anilines is 2. The number of nitrogens with zero attached hydrogens (tertiary/aromatic N) is 4. The zero-order chi connectivity index (χ0) is 23.3. The molecule has 8 nitrogen and oxygen atoms in total. The van der Waals surface area contributed by atoms with Gasteiger partial charge in [-0.15, -0.1) is 10.2 Å². The van der Waals surface area contributed by atoms with Crippen molar-refractivity contribution in [3.8, 4) is 0 Å². The highest BCUT2D eigenvalue weighted by atomic mass is 32.2. The Morgan fingerprint density at radius 3 is 2.44 bits per heavy atom. The molecule has 0 saturated heterocycles. The number of sulfonamides is 1. The van der Waals surface area contributed by atoms with E-state index in [1.54, 1.807) is 12.1 Å². The number of rotatable bonds is 9. The number of amides is 1. The van der Waals surface area contributed by atoms with E-state index >= 15 is 0 Å². The van der Waals surface area contributed by atoms with Gasteiger partial charge in [-0.25, -0.2) is 8.42 Å². The summed E-state index contributed by atoms with van der Waals surface area (Å²) in [6.07, 6.45) is 1.17. The molecule has 0 fully saturated rings. The molecule has 0 spiro atoms. The van der Waals surface area contributed by atoms with Gasteiger partial charge in [-0.1, -0.05) is 41.6 Å². The maximum Gasteiger partial charge on any atom is 0.234 e. The van der Waals surface area contributed by atoms with Crippen LogP contribution in [-0.2, 0) is 27.9 Å².